The second-order valence-electron chi connectivity index (χ2n) is 5.15. The van der Waals surface area contributed by atoms with Crippen molar-refractivity contribution in [3.63, 3.8) is 0 Å². The summed E-state index contributed by atoms with van der Waals surface area (Å²) in [6, 6.07) is 6.61. The Morgan fingerprint density at radius 2 is 2.10 bits per heavy atom. The number of nitrogens with two attached hydrogens (primary N) is 1. The number of benzene rings is 1. The molecule has 0 aromatic heterocycles. The lowest BCUT2D eigenvalue weighted by Gasteiger charge is -2.23. The van der Waals surface area contributed by atoms with Gasteiger partial charge in [0.25, 0.3) is 5.69 Å². The number of nitro benzene ring substituents is 1. The van der Waals surface area contributed by atoms with Crippen molar-refractivity contribution < 1.29 is 4.92 Å². The Labute approximate surface area is 117 Å². The summed E-state index contributed by atoms with van der Waals surface area (Å²) in [5.41, 5.74) is 6.69. The quantitative estimate of drug-likeness (QED) is 0.500. The first-order valence-corrected chi connectivity index (χ1v) is 6.82. The molecule has 3 N–H and O–H groups in total. The van der Waals surface area contributed by atoms with Crippen LogP contribution in [0, 0.1) is 21.4 Å². The average molecular weight is 274 g/mol. The molecular formula is C14H18N4O2. The van der Waals surface area contributed by atoms with E-state index < -0.39 is 4.92 Å². The maximum absolute atomic E-state index is 10.9. The highest BCUT2D eigenvalue weighted by atomic mass is 16.6. The molecule has 1 aromatic rings. The minimum Gasteiger partial charge on any atom is -0.381 e. The number of nitrogens with zero attached hydrogens (tertiary/aromatic N) is 2. The molecule has 1 saturated carbocycles. The summed E-state index contributed by atoms with van der Waals surface area (Å²) in [7, 11) is 0. The summed E-state index contributed by atoms with van der Waals surface area (Å²) in [5.74, 6) is 0. The maximum Gasteiger partial charge on any atom is 0.289 e. The Morgan fingerprint density at radius 1 is 1.35 bits per heavy atom. The van der Waals surface area contributed by atoms with Gasteiger partial charge in [-0.1, -0.05) is 19.3 Å². The summed E-state index contributed by atoms with van der Waals surface area (Å²) >= 11 is 0. The molecule has 6 heteroatoms. The van der Waals surface area contributed by atoms with Crippen LogP contribution in [0.3, 0.4) is 0 Å². The van der Waals surface area contributed by atoms with Crippen LogP contribution in [0.15, 0.2) is 18.2 Å². The summed E-state index contributed by atoms with van der Waals surface area (Å²) in [6.07, 6.45) is 5.36. The van der Waals surface area contributed by atoms with Crippen molar-refractivity contribution in [2.24, 2.45) is 5.73 Å². The van der Waals surface area contributed by atoms with Crippen molar-refractivity contribution >= 4 is 11.4 Å². The van der Waals surface area contributed by atoms with Crippen molar-refractivity contribution in [1.82, 2.24) is 0 Å². The van der Waals surface area contributed by atoms with Gasteiger partial charge in [-0.3, -0.25) is 10.1 Å². The Balaban J connectivity index is 2.19. The van der Waals surface area contributed by atoms with E-state index >= 15 is 0 Å². The van der Waals surface area contributed by atoms with Crippen LogP contribution in [0.4, 0.5) is 11.4 Å². The number of hydrogen-bond acceptors (Lipinski definition) is 5. The second-order valence-corrected chi connectivity index (χ2v) is 5.15. The molecule has 2 atom stereocenters. The zero-order chi connectivity index (χ0) is 14.5. The number of hydrogen-bond donors (Lipinski definition) is 2. The number of rotatable bonds is 3. The van der Waals surface area contributed by atoms with Gasteiger partial charge in [0.15, 0.2) is 0 Å². The standard InChI is InChI=1S/C14H18N4O2/c15-9-10-6-7-11(8-14(10)18(19)20)17-13-5-3-1-2-4-12(13)16/h6-8,12-13,17H,1-5,16H2. The summed E-state index contributed by atoms with van der Waals surface area (Å²) in [5, 5.41) is 23.1. The highest BCUT2D eigenvalue weighted by Gasteiger charge is 2.21. The fourth-order valence-electron chi connectivity index (χ4n) is 2.60. The van der Waals surface area contributed by atoms with Crippen LogP contribution in [-0.4, -0.2) is 17.0 Å². The Hall–Kier alpha value is -2.13. The normalized spacial score (nSPS) is 22.6. The Morgan fingerprint density at radius 3 is 2.80 bits per heavy atom. The molecule has 20 heavy (non-hydrogen) atoms. The van der Waals surface area contributed by atoms with E-state index in [9.17, 15) is 10.1 Å². The smallest absolute Gasteiger partial charge is 0.289 e. The third kappa shape index (κ3) is 3.25. The molecule has 2 rings (SSSR count). The first-order valence-electron chi connectivity index (χ1n) is 6.82. The van der Waals surface area contributed by atoms with Gasteiger partial charge < -0.3 is 11.1 Å². The molecule has 106 valence electrons. The predicted molar refractivity (Wildman–Crippen MR) is 76.3 cm³/mol. The lowest BCUT2D eigenvalue weighted by Crippen LogP contribution is -2.39. The van der Waals surface area contributed by atoms with Gasteiger partial charge in [0.1, 0.15) is 11.6 Å². The molecule has 0 radical (unpaired) electrons. The molecule has 1 aromatic carbocycles. The highest BCUT2D eigenvalue weighted by Crippen LogP contribution is 2.25. The Kier molecular flexibility index (Phi) is 4.53. The van der Waals surface area contributed by atoms with Crippen molar-refractivity contribution in [3.8, 4) is 6.07 Å². The highest BCUT2D eigenvalue weighted by molar-refractivity contribution is 5.59. The van der Waals surface area contributed by atoms with Gasteiger partial charge in [0, 0.05) is 23.8 Å². The molecule has 0 aliphatic heterocycles. The fourth-order valence-corrected chi connectivity index (χ4v) is 2.60. The SMILES string of the molecule is N#Cc1ccc(NC2CCCCCC2N)cc1[N+](=O)[O-]. The molecule has 0 bridgehead atoms. The molecular weight excluding hydrogens is 256 g/mol. The van der Waals surface area contributed by atoms with E-state index in [1.165, 1.54) is 18.6 Å². The fraction of sp³-hybridized carbons (Fsp3) is 0.500. The largest absolute Gasteiger partial charge is 0.381 e. The zero-order valence-electron chi connectivity index (χ0n) is 11.2. The predicted octanol–water partition coefficient (Wildman–Crippen LogP) is 2.54. The molecule has 0 amide bonds. The minimum atomic E-state index is -0.531. The van der Waals surface area contributed by atoms with Gasteiger partial charge in [0.2, 0.25) is 0 Å². The molecule has 1 fully saturated rings. The number of nitro groups is 1. The van der Waals surface area contributed by atoms with Crippen molar-refractivity contribution in [2.75, 3.05) is 5.32 Å². The topological polar surface area (TPSA) is 105 Å². The van der Waals surface area contributed by atoms with Crippen LogP contribution in [0.2, 0.25) is 0 Å². The number of nitrogens with one attached hydrogen (secondary N) is 1. The van der Waals surface area contributed by atoms with E-state index in [1.54, 1.807) is 6.07 Å². The van der Waals surface area contributed by atoms with E-state index in [2.05, 4.69) is 5.32 Å². The maximum atomic E-state index is 10.9. The van der Waals surface area contributed by atoms with Crippen LogP contribution in [0.25, 0.3) is 0 Å². The van der Waals surface area contributed by atoms with Gasteiger partial charge in [0.05, 0.1) is 4.92 Å². The molecule has 6 nitrogen and oxygen atoms in total. The van der Waals surface area contributed by atoms with E-state index in [4.69, 9.17) is 11.0 Å². The van der Waals surface area contributed by atoms with Crippen molar-refractivity contribution in [1.29, 1.82) is 5.26 Å². The Bertz CT molecular complexity index is 538. The summed E-state index contributed by atoms with van der Waals surface area (Å²) < 4.78 is 0. The minimum absolute atomic E-state index is 0.0622. The molecule has 1 aliphatic carbocycles. The molecule has 1 aliphatic rings. The monoisotopic (exact) mass is 274 g/mol. The van der Waals surface area contributed by atoms with Gasteiger partial charge in [-0.15, -0.1) is 0 Å². The third-order valence-electron chi connectivity index (χ3n) is 3.74. The van der Waals surface area contributed by atoms with E-state index in [0.717, 1.165) is 25.7 Å². The number of anilines is 1. The first-order chi connectivity index (χ1) is 9.61. The van der Waals surface area contributed by atoms with Crippen LogP contribution in [0.5, 0.6) is 0 Å². The van der Waals surface area contributed by atoms with Crippen LogP contribution >= 0.6 is 0 Å². The van der Waals surface area contributed by atoms with Crippen molar-refractivity contribution in [3.05, 3.63) is 33.9 Å². The summed E-state index contributed by atoms with van der Waals surface area (Å²) in [6.45, 7) is 0. The second kappa shape index (κ2) is 6.35. The third-order valence-corrected chi connectivity index (χ3v) is 3.74. The molecule has 0 heterocycles. The van der Waals surface area contributed by atoms with Gasteiger partial charge in [-0.25, -0.2) is 0 Å². The van der Waals surface area contributed by atoms with Crippen LogP contribution in [-0.2, 0) is 0 Å². The lowest BCUT2D eigenvalue weighted by molar-refractivity contribution is -0.385. The van der Waals surface area contributed by atoms with Gasteiger partial charge in [-0.2, -0.15) is 5.26 Å². The van der Waals surface area contributed by atoms with Gasteiger partial charge >= 0.3 is 0 Å². The van der Waals surface area contributed by atoms with E-state index in [-0.39, 0.29) is 23.3 Å². The molecule has 0 saturated heterocycles. The van der Waals surface area contributed by atoms with E-state index in [1.807, 2.05) is 6.07 Å². The van der Waals surface area contributed by atoms with E-state index in [0.29, 0.717) is 5.69 Å². The average Bonchev–Trinajstić information content (AvgIpc) is 2.64. The lowest BCUT2D eigenvalue weighted by atomic mass is 10.0. The van der Waals surface area contributed by atoms with Crippen LogP contribution in [0.1, 0.15) is 37.7 Å². The first kappa shape index (κ1) is 14.3. The van der Waals surface area contributed by atoms with Crippen molar-refractivity contribution in [2.45, 2.75) is 44.2 Å². The number of nitriles is 1. The molecule has 2 unspecified atom stereocenters. The zero-order valence-corrected chi connectivity index (χ0v) is 11.2. The summed E-state index contributed by atoms with van der Waals surface area (Å²) in [4.78, 5) is 10.4. The van der Waals surface area contributed by atoms with Gasteiger partial charge in [-0.05, 0) is 25.0 Å². The molecule has 0 spiro atoms. The van der Waals surface area contributed by atoms with Crippen LogP contribution < -0.4 is 11.1 Å².